The molecule has 1 spiro atoms. The topological polar surface area (TPSA) is 108 Å². The van der Waals surface area contributed by atoms with Crippen LogP contribution in [-0.4, -0.2) is 80.5 Å². The molecule has 2 aliphatic heterocycles. The Morgan fingerprint density at radius 2 is 1.98 bits per heavy atom. The maximum absolute atomic E-state index is 12.6. The summed E-state index contributed by atoms with van der Waals surface area (Å²) in [6.45, 7) is 9.07. The Morgan fingerprint density at radius 3 is 2.77 bits per heavy atom. The highest BCUT2D eigenvalue weighted by Gasteiger charge is 2.52. The second kappa shape index (κ2) is 11.9. The standard InChI is InChI=1S/C28H36N8O2S2/c1-19(2)38-23-7-4-3-6-20(23)14-35-17-28(18-35)12-22(13-28)39-16-25(37)31-27-34-33-26(40-27)30-21-9-11-36(15-21)24-8-5-10-29-32-24/h3-8,10,19,21-22H,9,11-18H2,1-2H3,(H,30,33)(H,31,34,37). The summed E-state index contributed by atoms with van der Waals surface area (Å²) in [5.41, 5.74) is 1.69. The van der Waals surface area contributed by atoms with E-state index in [1.54, 1.807) is 18.0 Å². The van der Waals surface area contributed by atoms with Gasteiger partial charge in [-0.2, -0.15) is 5.10 Å². The van der Waals surface area contributed by atoms with Crippen molar-refractivity contribution in [3.63, 3.8) is 0 Å². The van der Waals surface area contributed by atoms with Gasteiger partial charge in [0.15, 0.2) is 5.82 Å². The first-order valence-corrected chi connectivity index (χ1v) is 15.8. The van der Waals surface area contributed by atoms with Crippen molar-refractivity contribution in [1.29, 1.82) is 0 Å². The van der Waals surface area contributed by atoms with Crippen molar-refractivity contribution in [2.45, 2.75) is 57.1 Å². The van der Waals surface area contributed by atoms with E-state index in [9.17, 15) is 4.79 Å². The monoisotopic (exact) mass is 580 g/mol. The van der Waals surface area contributed by atoms with Gasteiger partial charge in [0, 0.05) is 55.8 Å². The minimum absolute atomic E-state index is 0.0136. The molecule has 1 aromatic carbocycles. The molecule has 4 heterocycles. The molecule has 1 unspecified atom stereocenters. The molecule has 2 N–H and O–H groups in total. The van der Waals surface area contributed by atoms with E-state index >= 15 is 0 Å². The van der Waals surface area contributed by atoms with Crippen molar-refractivity contribution in [3.8, 4) is 5.75 Å². The molecule has 3 fully saturated rings. The molecule has 1 aliphatic carbocycles. The molecular weight excluding hydrogens is 544 g/mol. The maximum atomic E-state index is 12.6. The number of amides is 1. The highest BCUT2D eigenvalue weighted by atomic mass is 32.2. The quantitative estimate of drug-likeness (QED) is 0.344. The summed E-state index contributed by atoms with van der Waals surface area (Å²) < 4.78 is 5.99. The van der Waals surface area contributed by atoms with Gasteiger partial charge in [-0.15, -0.1) is 27.1 Å². The van der Waals surface area contributed by atoms with Gasteiger partial charge in [-0.3, -0.25) is 15.0 Å². The fraction of sp³-hybridized carbons (Fsp3) is 0.536. The number of thioether (sulfide) groups is 1. The molecule has 12 heteroatoms. The number of anilines is 3. The zero-order valence-corrected chi connectivity index (χ0v) is 24.6. The van der Waals surface area contributed by atoms with E-state index in [2.05, 4.69) is 72.9 Å². The number of nitrogens with zero attached hydrogens (tertiary/aromatic N) is 6. The first-order chi connectivity index (χ1) is 19.4. The molecule has 6 rings (SSSR count). The van der Waals surface area contributed by atoms with E-state index in [1.807, 2.05) is 18.2 Å². The highest BCUT2D eigenvalue weighted by molar-refractivity contribution is 8.00. The summed E-state index contributed by atoms with van der Waals surface area (Å²) in [5.74, 6) is 2.32. The Balaban J connectivity index is 0.880. The van der Waals surface area contributed by atoms with Crippen LogP contribution in [0.25, 0.3) is 0 Å². The third kappa shape index (κ3) is 6.50. The van der Waals surface area contributed by atoms with Crippen LogP contribution in [-0.2, 0) is 11.3 Å². The first kappa shape index (κ1) is 27.2. The Labute approximate surface area is 243 Å². The molecular formula is C28H36N8O2S2. The number of carbonyl (C=O) groups is 1. The van der Waals surface area contributed by atoms with Gasteiger partial charge in [-0.05, 0) is 56.7 Å². The predicted octanol–water partition coefficient (Wildman–Crippen LogP) is 4.14. The zero-order chi connectivity index (χ0) is 27.5. The first-order valence-electron chi connectivity index (χ1n) is 13.9. The van der Waals surface area contributed by atoms with Crippen LogP contribution in [0.4, 0.5) is 16.1 Å². The minimum atomic E-state index is -0.0136. The summed E-state index contributed by atoms with van der Waals surface area (Å²) in [7, 11) is 0. The van der Waals surface area contributed by atoms with Crippen LogP contribution in [0.15, 0.2) is 42.6 Å². The summed E-state index contributed by atoms with van der Waals surface area (Å²) in [6, 6.07) is 12.5. The summed E-state index contributed by atoms with van der Waals surface area (Å²) in [4.78, 5) is 17.3. The maximum Gasteiger partial charge on any atom is 0.236 e. The molecule has 3 aliphatic rings. The lowest BCUT2D eigenvalue weighted by Gasteiger charge is -2.59. The normalized spacial score (nSPS) is 20.4. The van der Waals surface area contributed by atoms with Gasteiger partial charge in [0.2, 0.25) is 16.2 Å². The minimum Gasteiger partial charge on any atom is -0.491 e. The number of aromatic nitrogens is 4. The van der Waals surface area contributed by atoms with Crippen LogP contribution in [0.2, 0.25) is 0 Å². The van der Waals surface area contributed by atoms with Gasteiger partial charge in [0.25, 0.3) is 0 Å². The van der Waals surface area contributed by atoms with Gasteiger partial charge in [0.05, 0.1) is 11.9 Å². The summed E-state index contributed by atoms with van der Waals surface area (Å²) in [5, 5.41) is 24.7. The number of nitrogens with one attached hydrogen (secondary N) is 2. The SMILES string of the molecule is CC(C)Oc1ccccc1CN1CC2(CC(SCC(=O)Nc3nnc(NC4CCN(c5cccnn5)C4)s3)C2)C1. The third-order valence-corrected chi connectivity index (χ3v) is 9.69. The fourth-order valence-electron chi connectivity index (χ4n) is 5.94. The van der Waals surface area contributed by atoms with E-state index in [-0.39, 0.29) is 18.1 Å². The molecule has 3 aromatic rings. The molecule has 0 radical (unpaired) electrons. The second-order valence-corrected chi connectivity index (χ2v) is 13.6. The zero-order valence-electron chi connectivity index (χ0n) is 23.0. The van der Waals surface area contributed by atoms with Crippen molar-refractivity contribution < 1.29 is 9.53 Å². The van der Waals surface area contributed by atoms with Crippen molar-refractivity contribution in [2.75, 3.05) is 47.5 Å². The van der Waals surface area contributed by atoms with Crippen LogP contribution < -0.4 is 20.3 Å². The molecule has 1 saturated carbocycles. The smallest absolute Gasteiger partial charge is 0.236 e. The molecule has 40 heavy (non-hydrogen) atoms. The summed E-state index contributed by atoms with van der Waals surface area (Å²) >= 11 is 3.14. The lowest BCUT2D eigenvalue weighted by molar-refractivity contribution is -0.113. The number of ether oxygens (including phenoxy) is 1. The van der Waals surface area contributed by atoms with E-state index < -0.39 is 0 Å². The van der Waals surface area contributed by atoms with E-state index in [4.69, 9.17) is 4.74 Å². The average Bonchev–Trinajstić information content (AvgIpc) is 3.55. The molecule has 2 saturated heterocycles. The average molecular weight is 581 g/mol. The van der Waals surface area contributed by atoms with Crippen LogP contribution in [0.5, 0.6) is 5.75 Å². The number of para-hydroxylation sites is 1. The Bertz CT molecular complexity index is 1290. The number of rotatable bonds is 11. The number of hydrogen-bond donors (Lipinski definition) is 2. The number of hydrogen-bond acceptors (Lipinski definition) is 11. The van der Waals surface area contributed by atoms with Crippen LogP contribution in [0, 0.1) is 5.41 Å². The molecule has 0 bridgehead atoms. The van der Waals surface area contributed by atoms with Gasteiger partial charge < -0.3 is 15.0 Å². The van der Waals surface area contributed by atoms with Crippen molar-refractivity contribution >= 4 is 45.1 Å². The largest absolute Gasteiger partial charge is 0.491 e. The Hall–Kier alpha value is -2.96. The van der Waals surface area contributed by atoms with E-state index in [0.717, 1.165) is 55.8 Å². The van der Waals surface area contributed by atoms with Gasteiger partial charge >= 0.3 is 0 Å². The molecule has 2 aromatic heterocycles. The van der Waals surface area contributed by atoms with Crippen LogP contribution >= 0.6 is 23.1 Å². The van der Waals surface area contributed by atoms with Crippen LogP contribution in [0.1, 0.15) is 38.7 Å². The Morgan fingerprint density at radius 1 is 1.15 bits per heavy atom. The molecule has 1 atom stereocenters. The van der Waals surface area contributed by atoms with Gasteiger partial charge in [-0.25, -0.2) is 0 Å². The highest BCUT2D eigenvalue weighted by Crippen LogP contribution is 2.53. The number of benzene rings is 1. The fourth-order valence-corrected chi connectivity index (χ4v) is 8.08. The van der Waals surface area contributed by atoms with E-state index in [0.29, 0.717) is 21.5 Å². The van der Waals surface area contributed by atoms with E-state index in [1.165, 1.54) is 29.7 Å². The molecule has 212 valence electrons. The predicted molar refractivity (Wildman–Crippen MR) is 160 cm³/mol. The van der Waals surface area contributed by atoms with Crippen molar-refractivity contribution in [1.82, 2.24) is 25.3 Å². The Kier molecular flexibility index (Phi) is 8.08. The third-order valence-electron chi connectivity index (χ3n) is 7.69. The van der Waals surface area contributed by atoms with Crippen LogP contribution in [0.3, 0.4) is 0 Å². The second-order valence-electron chi connectivity index (χ2n) is 11.4. The lowest BCUT2D eigenvalue weighted by Crippen LogP contribution is -2.62. The summed E-state index contributed by atoms with van der Waals surface area (Å²) in [6.07, 6.45) is 5.21. The molecule has 10 nitrogen and oxygen atoms in total. The van der Waals surface area contributed by atoms with Gasteiger partial charge in [-0.1, -0.05) is 29.5 Å². The van der Waals surface area contributed by atoms with Gasteiger partial charge in [0.1, 0.15) is 5.75 Å². The van der Waals surface area contributed by atoms with Crippen molar-refractivity contribution in [2.24, 2.45) is 5.41 Å². The molecule has 1 amide bonds. The lowest BCUT2D eigenvalue weighted by atomic mass is 9.63. The number of carbonyl (C=O) groups excluding carboxylic acids is 1. The number of likely N-dealkylation sites (tertiary alicyclic amines) is 1. The van der Waals surface area contributed by atoms with Crippen molar-refractivity contribution in [3.05, 3.63) is 48.2 Å².